The Morgan fingerprint density at radius 3 is 2.36 bits per heavy atom. The molecule has 0 unspecified atom stereocenters. The molecule has 4 aromatic rings. The molecule has 2 aliphatic rings. The number of anilines is 3. The van der Waals surface area contributed by atoms with Crippen LogP contribution in [0.2, 0.25) is 10.3 Å². The summed E-state index contributed by atoms with van der Waals surface area (Å²) in [7, 11) is 0. The number of ketones is 1. The molecule has 0 saturated carbocycles. The van der Waals surface area contributed by atoms with Gasteiger partial charge in [-0.2, -0.15) is 0 Å². The Labute approximate surface area is 452 Å². The topological polar surface area (TPSA) is 366 Å². The third-order valence-electron chi connectivity index (χ3n) is 11.9. The van der Waals surface area contributed by atoms with E-state index < -0.39 is 41.9 Å². The van der Waals surface area contributed by atoms with Crippen molar-refractivity contribution in [2.45, 2.75) is 128 Å². The minimum absolute atomic E-state index is 0.00466. The van der Waals surface area contributed by atoms with E-state index >= 15 is 0 Å². The number of aliphatic hydroxyl groups excluding tert-OH is 3. The molecule has 4 heterocycles. The van der Waals surface area contributed by atoms with Crippen molar-refractivity contribution < 1.29 is 53.3 Å². The van der Waals surface area contributed by atoms with Crippen molar-refractivity contribution in [3.63, 3.8) is 0 Å². The van der Waals surface area contributed by atoms with Crippen LogP contribution in [-0.4, -0.2) is 147 Å². The quantitative estimate of drug-likeness (QED) is 0.0183. The number of hydrogen-bond donors (Lipinski definition) is 10. The number of rotatable bonds is 26. The van der Waals surface area contributed by atoms with Gasteiger partial charge in [-0.05, 0) is 108 Å². The fourth-order valence-corrected chi connectivity index (χ4v) is 8.19. The van der Waals surface area contributed by atoms with Crippen LogP contribution in [0.4, 0.5) is 17.5 Å². The SMILES string of the molecule is CC1(C)O[C@H]([C@H](O)COc2cccc(CCCCCC(=N)CC(=O)c3nc(Cl)c(N)nc3N)c2)[C@H](CO)O1.Cc1nc(N)c(C(=O)NC(N)=NCCCCc2ccc(OCCNC[C@@H]3O[C@H](C)OC[C@H]3O)cc2)nc1Cl. The predicted molar refractivity (Wildman–Crippen MR) is 288 cm³/mol. The van der Waals surface area contributed by atoms with E-state index in [1.165, 1.54) is 5.56 Å². The number of benzene rings is 2. The van der Waals surface area contributed by atoms with Gasteiger partial charge >= 0.3 is 0 Å². The number of amides is 1. The Balaban J connectivity index is 0.000000281. The molecule has 2 saturated heterocycles. The van der Waals surface area contributed by atoms with Crippen molar-refractivity contribution in [2.75, 3.05) is 63.3 Å². The Bertz CT molecular complexity index is 2560. The zero-order valence-electron chi connectivity index (χ0n) is 43.3. The van der Waals surface area contributed by atoms with Gasteiger partial charge in [0.15, 0.2) is 63.0 Å². The number of carbonyl (C=O) groups is 2. The lowest BCUT2D eigenvalue weighted by atomic mass is 10.0. The fraction of sp³-hybridized carbons (Fsp3) is 0.529. The van der Waals surface area contributed by atoms with Crippen molar-refractivity contribution in [3.05, 3.63) is 87.0 Å². The maximum Gasteiger partial charge on any atom is 0.280 e. The number of aryl methyl sites for hydroxylation is 3. The molecule has 0 aliphatic carbocycles. The molecule has 0 bridgehead atoms. The molecule has 23 nitrogen and oxygen atoms in total. The summed E-state index contributed by atoms with van der Waals surface area (Å²) in [6.45, 7) is 9.09. The highest BCUT2D eigenvalue weighted by molar-refractivity contribution is 6.32. The predicted octanol–water partition coefficient (Wildman–Crippen LogP) is 4.12. The molecule has 6 atom stereocenters. The van der Waals surface area contributed by atoms with Crippen LogP contribution >= 0.6 is 23.2 Å². The van der Waals surface area contributed by atoms with Crippen molar-refractivity contribution >= 4 is 64.0 Å². The van der Waals surface area contributed by atoms with E-state index in [-0.39, 0.29) is 83.7 Å². The van der Waals surface area contributed by atoms with Gasteiger partial charge in [-0.15, -0.1) is 0 Å². The van der Waals surface area contributed by atoms with Gasteiger partial charge in [0.05, 0.1) is 25.3 Å². The van der Waals surface area contributed by atoms with Gasteiger partial charge in [-0.3, -0.25) is 19.9 Å². The minimum Gasteiger partial charge on any atom is -0.492 e. The number of aliphatic hydroxyl groups is 3. The largest absolute Gasteiger partial charge is 0.492 e. The molecule has 0 radical (unpaired) electrons. The molecular formula is C51H72Cl2N12O11. The summed E-state index contributed by atoms with van der Waals surface area (Å²) in [5.74, 6) is -0.656. The second-order valence-electron chi connectivity index (χ2n) is 18.6. The second kappa shape index (κ2) is 30.2. The first-order valence-corrected chi connectivity index (χ1v) is 25.8. The third-order valence-corrected chi connectivity index (χ3v) is 12.5. The van der Waals surface area contributed by atoms with Crippen molar-refractivity contribution in [2.24, 2.45) is 10.7 Å². The summed E-state index contributed by atoms with van der Waals surface area (Å²) in [4.78, 5) is 44.5. The van der Waals surface area contributed by atoms with Crippen LogP contribution in [0.5, 0.6) is 11.5 Å². The number of nitrogens with two attached hydrogens (primary N) is 4. The molecule has 2 aromatic carbocycles. The number of nitrogens with one attached hydrogen (secondary N) is 3. The summed E-state index contributed by atoms with van der Waals surface area (Å²) in [6.07, 6.45) is 2.87. The standard InChI is InChI=1S/C26H36ClN5O6.C25H36ClN7O5/c1-26(2)37-20(13-33)22(38-26)19(35)14-36-17-10-6-8-15(11-17)7-4-3-5-9-16(28)12-18(34)21-24(29)32-25(30)23(27)31-21;1-15-22(26)32-21(23(27)31-15)24(35)33-25(28)30-10-4-3-5-17-6-8-18(9-7-17)36-12-11-29-13-20-19(34)14-37-16(2)38-20/h6,8,10-11,19-20,22,28,33,35H,3-5,7,9,12-14H2,1-2H3,(H4,29,30,32);6-9,16,19-20,29,34H,3-5,10-14H2,1-2H3,(H2,27,31)(H3,28,30,33,35)/t19-,20+,22-;16-,19-,20+/m11/s1. The summed E-state index contributed by atoms with van der Waals surface area (Å²) in [6, 6.07) is 15.6. The highest BCUT2D eigenvalue weighted by atomic mass is 35.5. The summed E-state index contributed by atoms with van der Waals surface area (Å²) in [5.41, 5.74) is 25.6. The van der Waals surface area contributed by atoms with Gasteiger partial charge in [0.2, 0.25) is 0 Å². The number of guanidine groups is 1. The van der Waals surface area contributed by atoms with Crippen molar-refractivity contribution in [1.82, 2.24) is 30.6 Å². The van der Waals surface area contributed by atoms with Gasteiger partial charge < -0.3 is 77.4 Å². The first-order valence-electron chi connectivity index (χ1n) is 25.0. The number of aromatic nitrogens is 4. The molecule has 25 heteroatoms. The van der Waals surface area contributed by atoms with Crippen LogP contribution in [0, 0.1) is 12.3 Å². The third kappa shape index (κ3) is 19.9. The lowest BCUT2D eigenvalue weighted by Crippen LogP contribution is -2.48. The second-order valence-corrected chi connectivity index (χ2v) is 19.3. The number of aliphatic imine (C=N–C) groups is 1. The van der Waals surface area contributed by atoms with Crippen LogP contribution in [0.1, 0.15) is 104 Å². The first-order chi connectivity index (χ1) is 36.2. The van der Waals surface area contributed by atoms with E-state index in [4.69, 9.17) is 80.0 Å². The molecule has 0 spiro atoms. The molecule has 2 fully saturated rings. The van der Waals surface area contributed by atoms with E-state index in [2.05, 4.69) is 35.6 Å². The van der Waals surface area contributed by atoms with E-state index in [9.17, 15) is 24.9 Å². The number of nitrogens with zero attached hydrogens (tertiary/aromatic N) is 5. The Kier molecular flexibility index (Phi) is 24.2. The van der Waals surface area contributed by atoms with E-state index in [0.29, 0.717) is 49.8 Å². The van der Waals surface area contributed by atoms with E-state index in [0.717, 1.165) is 56.3 Å². The van der Waals surface area contributed by atoms with Crippen LogP contribution in [-0.2, 0) is 31.8 Å². The normalized spacial score (nSPS) is 19.5. The summed E-state index contributed by atoms with van der Waals surface area (Å²) < 4.78 is 33.6. The summed E-state index contributed by atoms with van der Waals surface area (Å²) in [5, 5.41) is 43.7. The molecule has 76 heavy (non-hydrogen) atoms. The highest BCUT2D eigenvalue weighted by Gasteiger charge is 2.44. The van der Waals surface area contributed by atoms with Crippen molar-refractivity contribution in [1.29, 1.82) is 5.41 Å². The zero-order valence-corrected chi connectivity index (χ0v) is 44.8. The van der Waals surface area contributed by atoms with Gasteiger partial charge in [0, 0.05) is 25.3 Å². The Morgan fingerprint density at radius 2 is 1.61 bits per heavy atom. The smallest absolute Gasteiger partial charge is 0.280 e. The molecule has 14 N–H and O–H groups in total. The van der Waals surface area contributed by atoms with Crippen LogP contribution in [0.3, 0.4) is 0 Å². The number of carbonyl (C=O) groups excluding carboxylic acids is 2. The van der Waals surface area contributed by atoms with E-state index in [1.54, 1.807) is 20.8 Å². The van der Waals surface area contributed by atoms with Crippen LogP contribution in [0.15, 0.2) is 53.5 Å². The molecule has 1 amide bonds. The Morgan fingerprint density at radius 1 is 0.895 bits per heavy atom. The lowest BCUT2D eigenvalue weighted by molar-refractivity contribution is -0.242. The van der Waals surface area contributed by atoms with Gasteiger partial charge in [0.25, 0.3) is 5.91 Å². The number of halogens is 2. The minimum atomic E-state index is -0.958. The number of Topliss-reactive ketones (excluding diaryl/α,β-unsaturated/α-hetero) is 1. The lowest BCUT2D eigenvalue weighted by Gasteiger charge is -2.32. The number of hydrogen-bond acceptors (Lipinski definition) is 21. The van der Waals surface area contributed by atoms with Crippen LogP contribution in [0.25, 0.3) is 0 Å². The number of unbranched alkanes of at least 4 members (excludes halogenated alkanes) is 3. The zero-order chi connectivity index (χ0) is 55.4. The summed E-state index contributed by atoms with van der Waals surface area (Å²) >= 11 is 11.7. The molecule has 6 rings (SSSR count). The van der Waals surface area contributed by atoms with E-state index in [1.807, 2.05) is 55.5 Å². The van der Waals surface area contributed by atoms with Gasteiger partial charge in [-0.1, -0.05) is 53.9 Å². The number of nitrogen functional groups attached to an aromatic ring is 3. The maximum absolute atomic E-state index is 12.4. The molecule has 416 valence electrons. The fourth-order valence-electron chi connectivity index (χ4n) is 7.93. The first kappa shape index (κ1) is 61.0. The van der Waals surface area contributed by atoms with Gasteiger partial charge in [0.1, 0.15) is 55.2 Å². The Hall–Kier alpha value is -5.86. The average Bonchev–Trinajstić information content (AvgIpc) is 3.71. The van der Waals surface area contributed by atoms with Crippen molar-refractivity contribution in [3.8, 4) is 11.5 Å². The average molecular weight is 1100 g/mol. The monoisotopic (exact) mass is 1100 g/mol. The number of ether oxygens (including phenoxy) is 6. The van der Waals surface area contributed by atoms with Crippen LogP contribution < -0.4 is 43.0 Å². The highest BCUT2D eigenvalue weighted by Crippen LogP contribution is 2.30. The molecule has 2 aromatic heterocycles. The van der Waals surface area contributed by atoms with Gasteiger partial charge in [-0.25, -0.2) is 19.9 Å². The molecule has 2 aliphatic heterocycles. The molecular weight excluding hydrogens is 1030 g/mol. The maximum atomic E-state index is 12.4.